The number of rotatable bonds is 48. The van der Waals surface area contributed by atoms with Crippen LogP contribution in [0.1, 0.15) is 206 Å². The highest BCUT2D eigenvalue weighted by atomic mass is 31.2. The second-order valence-corrected chi connectivity index (χ2v) is 18.1. The molecule has 368 valence electrons. The van der Waals surface area contributed by atoms with Crippen LogP contribution in [0.3, 0.4) is 0 Å². The van der Waals surface area contributed by atoms with Crippen LogP contribution in [0.15, 0.2) is 97.2 Å². The molecular weight excluding hydrogens is 818 g/mol. The molecule has 8 nitrogen and oxygen atoms in total. The van der Waals surface area contributed by atoms with Gasteiger partial charge >= 0.3 is 13.8 Å². The zero-order chi connectivity index (χ0) is 46.5. The van der Waals surface area contributed by atoms with E-state index in [4.69, 9.17) is 24.3 Å². The molecule has 0 spiro atoms. The van der Waals surface area contributed by atoms with Crippen molar-refractivity contribution >= 4 is 13.8 Å². The molecule has 9 heteroatoms. The fourth-order valence-corrected chi connectivity index (χ4v) is 7.50. The monoisotopic (exact) mass is 914 g/mol. The summed E-state index contributed by atoms with van der Waals surface area (Å²) in [7, 11) is -4.30. The lowest BCUT2D eigenvalue weighted by Gasteiger charge is -2.20. The van der Waals surface area contributed by atoms with E-state index in [2.05, 4.69) is 111 Å². The van der Waals surface area contributed by atoms with Crippen molar-refractivity contribution in [3.8, 4) is 0 Å². The van der Waals surface area contributed by atoms with E-state index in [0.717, 1.165) is 96.3 Å². The highest BCUT2D eigenvalue weighted by Crippen LogP contribution is 2.43. The average Bonchev–Trinajstić information content (AvgIpc) is 3.29. The minimum absolute atomic E-state index is 0.0912. The van der Waals surface area contributed by atoms with Crippen LogP contribution in [0.25, 0.3) is 0 Å². The molecule has 64 heavy (non-hydrogen) atoms. The first kappa shape index (κ1) is 61.4. The Bertz CT molecular complexity index is 1300. The van der Waals surface area contributed by atoms with Crippen LogP contribution in [-0.2, 0) is 27.9 Å². The Morgan fingerprint density at radius 3 is 1.31 bits per heavy atom. The number of ether oxygens (including phenoxy) is 2. The molecule has 0 aromatic rings. The van der Waals surface area contributed by atoms with E-state index in [9.17, 15) is 14.3 Å². The van der Waals surface area contributed by atoms with E-state index >= 15 is 0 Å². The van der Waals surface area contributed by atoms with Crippen molar-refractivity contribution < 1.29 is 32.8 Å². The minimum Gasteiger partial charge on any atom is -0.457 e. The van der Waals surface area contributed by atoms with E-state index < -0.39 is 13.9 Å². The molecular formula is C55H96NO7P. The first-order chi connectivity index (χ1) is 31.4. The molecule has 0 rings (SSSR count). The number of allylic oxidation sites excluding steroid dienone is 16. The fourth-order valence-electron chi connectivity index (χ4n) is 6.74. The van der Waals surface area contributed by atoms with E-state index in [0.29, 0.717) is 13.0 Å². The van der Waals surface area contributed by atoms with Crippen molar-refractivity contribution in [3.63, 3.8) is 0 Å². The molecule has 0 saturated heterocycles. The van der Waals surface area contributed by atoms with E-state index in [1.54, 1.807) is 0 Å². The summed E-state index contributed by atoms with van der Waals surface area (Å²) in [6.07, 6.45) is 68.6. The Kier molecular flexibility index (Phi) is 49.3. The number of phosphoric acid groups is 1. The Morgan fingerprint density at radius 2 is 0.875 bits per heavy atom. The van der Waals surface area contributed by atoms with Crippen LogP contribution in [-0.4, -0.2) is 49.9 Å². The van der Waals surface area contributed by atoms with Crippen molar-refractivity contribution in [2.45, 2.75) is 213 Å². The first-order valence-electron chi connectivity index (χ1n) is 25.7. The number of carbonyl (C=O) groups excluding carboxylic acids is 1. The van der Waals surface area contributed by atoms with Gasteiger partial charge in [-0.05, 0) is 96.3 Å². The molecule has 0 amide bonds. The summed E-state index contributed by atoms with van der Waals surface area (Å²) in [5, 5.41) is 0. The highest BCUT2D eigenvalue weighted by Gasteiger charge is 2.25. The first-order valence-corrected chi connectivity index (χ1v) is 27.2. The number of hydrogen-bond acceptors (Lipinski definition) is 7. The van der Waals surface area contributed by atoms with Crippen LogP contribution >= 0.6 is 7.82 Å². The van der Waals surface area contributed by atoms with Gasteiger partial charge in [-0.15, -0.1) is 0 Å². The molecule has 0 aliphatic heterocycles. The van der Waals surface area contributed by atoms with Gasteiger partial charge in [0.15, 0.2) is 0 Å². The second-order valence-electron chi connectivity index (χ2n) is 16.6. The smallest absolute Gasteiger partial charge is 0.457 e. The molecule has 0 aliphatic carbocycles. The topological polar surface area (TPSA) is 117 Å². The lowest BCUT2D eigenvalue weighted by Crippen LogP contribution is -2.28. The van der Waals surface area contributed by atoms with Gasteiger partial charge in [-0.25, -0.2) is 4.57 Å². The van der Waals surface area contributed by atoms with Gasteiger partial charge in [0.2, 0.25) is 0 Å². The Hall–Kier alpha value is -2.58. The molecule has 0 radical (unpaired) electrons. The third kappa shape index (κ3) is 50.4. The van der Waals surface area contributed by atoms with Crippen LogP contribution in [0, 0.1) is 0 Å². The summed E-state index contributed by atoms with van der Waals surface area (Å²) in [4.78, 5) is 22.6. The van der Waals surface area contributed by atoms with Crippen molar-refractivity contribution in [1.29, 1.82) is 0 Å². The number of carbonyl (C=O) groups is 1. The molecule has 0 aliphatic rings. The van der Waals surface area contributed by atoms with Gasteiger partial charge in [-0.1, -0.05) is 201 Å². The van der Waals surface area contributed by atoms with Crippen LogP contribution in [0.2, 0.25) is 0 Å². The summed E-state index contributed by atoms with van der Waals surface area (Å²) < 4.78 is 33.6. The molecule has 0 bridgehead atoms. The molecule has 0 heterocycles. The summed E-state index contributed by atoms with van der Waals surface area (Å²) in [5.41, 5.74) is 5.39. The fraction of sp³-hybridized carbons (Fsp3) is 0.691. The van der Waals surface area contributed by atoms with Crippen LogP contribution < -0.4 is 5.73 Å². The number of hydrogen-bond donors (Lipinski definition) is 2. The number of esters is 1. The third-order valence-electron chi connectivity index (χ3n) is 10.5. The third-order valence-corrected chi connectivity index (χ3v) is 11.5. The molecule has 0 fully saturated rings. The van der Waals surface area contributed by atoms with Crippen molar-refractivity contribution in [1.82, 2.24) is 0 Å². The Labute approximate surface area is 393 Å². The van der Waals surface area contributed by atoms with Gasteiger partial charge < -0.3 is 20.1 Å². The lowest BCUT2D eigenvalue weighted by atomic mass is 10.1. The van der Waals surface area contributed by atoms with Gasteiger partial charge in [0.25, 0.3) is 0 Å². The normalized spacial score (nSPS) is 14.1. The van der Waals surface area contributed by atoms with Gasteiger partial charge in [-0.2, -0.15) is 0 Å². The highest BCUT2D eigenvalue weighted by molar-refractivity contribution is 7.47. The maximum atomic E-state index is 12.7. The Morgan fingerprint density at radius 1 is 0.484 bits per heavy atom. The summed E-state index contributed by atoms with van der Waals surface area (Å²) in [5.74, 6) is -0.348. The van der Waals surface area contributed by atoms with Crippen molar-refractivity contribution in [2.75, 3.05) is 33.0 Å². The maximum absolute atomic E-state index is 12.7. The molecule has 0 saturated carbocycles. The van der Waals surface area contributed by atoms with Crippen LogP contribution in [0.4, 0.5) is 0 Å². The average molecular weight is 914 g/mol. The van der Waals surface area contributed by atoms with Crippen molar-refractivity contribution in [2.24, 2.45) is 5.73 Å². The SMILES string of the molecule is CC/C=C\C/C=C\C/C=C\C/C=C\C/C=C\CCCCCCCCCCOCC(COP(=O)(O)OCCN)OC(=O)CCCCCCCC/C=C\C/C=C\C/C=C\CCCCCCC. The standard InChI is InChI=1S/C55H96NO7P/c1-3-5-7-9-11-13-15-17-19-21-23-25-26-27-29-31-33-35-37-39-41-43-45-47-50-60-52-54(53-62-64(58,59)61-51-49-56)63-55(57)48-46-44-42-40-38-36-34-32-30-28-24-22-20-18-16-14-12-10-8-6-4-2/h5,7,11,13,16-19,22-25,27,29-30,32,54H,3-4,6,8-10,12,14-15,20-21,26,28,31,33-53,56H2,1-2H3,(H,58,59)/b7-5-,13-11-,18-16-,19-17-,24-22-,25-23-,29-27-,32-30-. The Balaban J connectivity index is 4.03. The summed E-state index contributed by atoms with van der Waals surface area (Å²) in [6.45, 7) is 4.75. The van der Waals surface area contributed by atoms with Gasteiger partial charge in [-0.3, -0.25) is 13.8 Å². The predicted molar refractivity (Wildman–Crippen MR) is 274 cm³/mol. The second kappa shape index (κ2) is 51.4. The van der Waals surface area contributed by atoms with Crippen LogP contribution in [0.5, 0.6) is 0 Å². The molecule has 0 aromatic carbocycles. The largest absolute Gasteiger partial charge is 0.472 e. The molecule has 2 unspecified atom stereocenters. The zero-order valence-corrected chi connectivity index (χ0v) is 41.9. The summed E-state index contributed by atoms with van der Waals surface area (Å²) in [6, 6.07) is 0. The van der Waals surface area contributed by atoms with Crippen molar-refractivity contribution in [3.05, 3.63) is 97.2 Å². The maximum Gasteiger partial charge on any atom is 0.472 e. The van der Waals surface area contributed by atoms with E-state index in [1.165, 1.54) is 89.9 Å². The predicted octanol–water partition coefficient (Wildman–Crippen LogP) is 16.2. The minimum atomic E-state index is -4.30. The van der Waals surface area contributed by atoms with E-state index in [1.807, 2.05) is 0 Å². The summed E-state index contributed by atoms with van der Waals surface area (Å²) >= 11 is 0. The number of nitrogens with two attached hydrogens (primary N) is 1. The van der Waals surface area contributed by atoms with Gasteiger partial charge in [0, 0.05) is 19.6 Å². The molecule has 2 atom stereocenters. The number of phosphoric ester groups is 1. The zero-order valence-electron chi connectivity index (χ0n) is 41.0. The molecule has 0 aromatic heterocycles. The van der Waals surface area contributed by atoms with Gasteiger partial charge in [0.05, 0.1) is 19.8 Å². The molecule has 3 N–H and O–H groups in total. The lowest BCUT2D eigenvalue weighted by molar-refractivity contribution is -0.154. The van der Waals surface area contributed by atoms with E-state index in [-0.39, 0.29) is 32.3 Å². The quantitative estimate of drug-likeness (QED) is 0.0268. The van der Waals surface area contributed by atoms with Gasteiger partial charge in [0.1, 0.15) is 6.10 Å². The number of unbranched alkanes of at least 4 members (excludes halogenated alkanes) is 19.